The fourth-order valence-electron chi connectivity index (χ4n) is 1.66. The highest BCUT2D eigenvalue weighted by molar-refractivity contribution is 7.13. The molecule has 3 heteroatoms. The van der Waals surface area contributed by atoms with Crippen LogP contribution in [-0.4, -0.2) is 4.98 Å². The zero-order chi connectivity index (χ0) is 13.0. The number of nitrogens with zero attached hydrogens (tertiary/aromatic N) is 1. The van der Waals surface area contributed by atoms with E-state index in [0.29, 0.717) is 5.13 Å². The van der Waals surface area contributed by atoms with Crippen molar-refractivity contribution in [2.45, 2.75) is 0 Å². The van der Waals surface area contributed by atoms with Gasteiger partial charge in [-0.25, -0.2) is 4.98 Å². The predicted molar refractivity (Wildman–Crippen MR) is 80.3 cm³/mol. The fraction of sp³-hybridized carbons (Fsp3) is 0. The smallest absolute Gasteiger partial charge is 0.180 e. The number of thiazole rings is 1. The van der Waals surface area contributed by atoms with E-state index in [1.807, 2.05) is 41.8 Å². The number of nitrogen functional groups attached to an aromatic ring is 1. The van der Waals surface area contributed by atoms with Gasteiger partial charge in [0.05, 0.1) is 5.69 Å². The molecule has 1 aromatic carbocycles. The second kappa shape index (κ2) is 5.47. The van der Waals surface area contributed by atoms with Gasteiger partial charge in [-0.05, 0) is 11.1 Å². The molecule has 0 fully saturated rings. The molecule has 1 heterocycles. The van der Waals surface area contributed by atoms with E-state index in [4.69, 9.17) is 5.73 Å². The van der Waals surface area contributed by atoms with Gasteiger partial charge in [0.2, 0.25) is 0 Å². The van der Waals surface area contributed by atoms with Gasteiger partial charge in [-0.15, -0.1) is 11.3 Å². The molecule has 0 saturated carbocycles. The van der Waals surface area contributed by atoms with Crippen LogP contribution in [0.25, 0.3) is 16.8 Å². The Hall–Kier alpha value is -2.13. The average Bonchev–Trinajstić information content (AvgIpc) is 2.83. The number of rotatable bonds is 4. The molecule has 2 nitrogen and oxygen atoms in total. The molecule has 0 amide bonds. The normalized spacial score (nSPS) is 11.2. The maximum absolute atomic E-state index is 5.63. The molecule has 0 bridgehead atoms. The third kappa shape index (κ3) is 2.57. The van der Waals surface area contributed by atoms with Gasteiger partial charge >= 0.3 is 0 Å². The second-order valence-electron chi connectivity index (χ2n) is 3.71. The van der Waals surface area contributed by atoms with Crippen molar-refractivity contribution in [3.8, 4) is 11.3 Å². The van der Waals surface area contributed by atoms with Crippen LogP contribution in [0.3, 0.4) is 0 Å². The molecule has 90 valence electrons. The molecule has 2 N–H and O–H groups in total. The van der Waals surface area contributed by atoms with Crippen molar-refractivity contribution >= 4 is 22.0 Å². The summed E-state index contributed by atoms with van der Waals surface area (Å²) in [6.07, 6.45) is 5.51. The zero-order valence-corrected chi connectivity index (χ0v) is 10.8. The Morgan fingerprint density at radius 2 is 1.94 bits per heavy atom. The predicted octanol–water partition coefficient (Wildman–Crippen LogP) is 4.15. The summed E-state index contributed by atoms with van der Waals surface area (Å²) in [4.78, 5) is 4.26. The number of hydrogen-bond donors (Lipinski definition) is 1. The number of nitrogens with two attached hydrogens (primary N) is 1. The first-order chi connectivity index (χ1) is 8.74. The summed E-state index contributed by atoms with van der Waals surface area (Å²) in [6, 6.07) is 8.15. The summed E-state index contributed by atoms with van der Waals surface area (Å²) >= 11 is 1.45. The van der Waals surface area contributed by atoms with Gasteiger partial charge < -0.3 is 5.73 Å². The monoisotopic (exact) mass is 254 g/mol. The molecule has 0 radical (unpaired) electrons. The lowest BCUT2D eigenvalue weighted by molar-refractivity contribution is 1.41. The van der Waals surface area contributed by atoms with Gasteiger partial charge in [-0.3, -0.25) is 0 Å². The lowest BCUT2D eigenvalue weighted by Gasteiger charge is -2.03. The molecule has 1 aromatic heterocycles. The summed E-state index contributed by atoms with van der Waals surface area (Å²) in [6.45, 7) is 7.49. The van der Waals surface area contributed by atoms with Crippen molar-refractivity contribution in [3.05, 3.63) is 66.6 Å². The summed E-state index contributed by atoms with van der Waals surface area (Å²) in [5, 5.41) is 2.55. The summed E-state index contributed by atoms with van der Waals surface area (Å²) in [7, 11) is 0. The van der Waals surface area contributed by atoms with Crippen molar-refractivity contribution in [2.24, 2.45) is 0 Å². The van der Waals surface area contributed by atoms with Crippen LogP contribution in [0, 0.1) is 0 Å². The SMILES string of the molecule is C=C/C=C(\C=C)c1ccc(-c2csc(N)n2)cc1. The molecule has 0 aliphatic carbocycles. The first-order valence-electron chi connectivity index (χ1n) is 5.51. The van der Waals surface area contributed by atoms with Crippen LogP contribution in [0.2, 0.25) is 0 Å². The van der Waals surface area contributed by atoms with Crippen LogP contribution < -0.4 is 5.73 Å². The van der Waals surface area contributed by atoms with Crippen LogP contribution in [0.5, 0.6) is 0 Å². The molecule has 18 heavy (non-hydrogen) atoms. The van der Waals surface area contributed by atoms with Gasteiger partial charge in [-0.1, -0.05) is 55.7 Å². The van der Waals surface area contributed by atoms with Crippen LogP contribution >= 0.6 is 11.3 Å². The van der Waals surface area contributed by atoms with Crippen molar-refractivity contribution in [1.82, 2.24) is 4.98 Å². The highest BCUT2D eigenvalue weighted by atomic mass is 32.1. The van der Waals surface area contributed by atoms with Gasteiger partial charge in [0.1, 0.15) is 0 Å². The third-order valence-corrected chi connectivity index (χ3v) is 3.23. The zero-order valence-electron chi connectivity index (χ0n) is 9.97. The quantitative estimate of drug-likeness (QED) is 0.832. The Bertz CT molecular complexity index is 591. The van der Waals surface area contributed by atoms with Gasteiger partial charge in [0, 0.05) is 10.9 Å². The van der Waals surface area contributed by atoms with E-state index in [1.54, 1.807) is 6.08 Å². The highest BCUT2D eigenvalue weighted by Crippen LogP contribution is 2.25. The second-order valence-corrected chi connectivity index (χ2v) is 4.60. The van der Waals surface area contributed by atoms with Gasteiger partial charge in [0.25, 0.3) is 0 Å². The van der Waals surface area contributed by atoms with Gasteiger partial charge in [-0.2, -0.15) is 0 Å². The van der Waals surface area contributed by atoms with Gasteiger partial charge in [0.15, 0.2) is 5.13 Å². The molecule has 0 spiro atoms. The molecular weight excluding hydrogens is 240 g/mol. The fourth-order valence-corrected chi connectivity index (χ4v) is 2.23. The van der Waals surface area contributed by atoms with Crippen LogP contribution in [0.4, 0.5) is 5.13 Å². The highest BCUT2D eigenvalue weighted by Gasteiger charge is 2.03. The van der Waals surface area contributed by atoms with E-state index in [-0.39, 0.29) is 0 Å². The number of benzene rings is 1. The van der Waals surface area contributed by atoms with Crippen LogP contribution in [-0.2, 0) is 0 Å². The van der Waals surface area contributed by atoms with E-state index in [0.717, 1.165) is 22.4 Å². The molecule has 2 rings (SSSR count). The minimum absolute atomic E-state index is 0.590. The summed E-state index contributed by atoms with van der Waals surface area (Å²) in [5.41, 5.74) is 9.77. The Labute approximate surface area is 111 Å². The molecular formula is C15H14N2S. The van der Waals surface area contributed by atoms with E-state index in [9.17, 15) is 0 Å². The summed E-state index contributed by atoms with van der Waals surface area (Å²) in [5.74, 6) is 0. The topological polar surface area (TPSA) is 38.9 Å². The largest absolute Gasteiger partial charge is 0.375 e. The lowest BCUT2D eigenvalue weighted by Crippen LogP contribution is -1.84. The molecule has 2 aromatic rings. The molecule has 0 aliphatic heterocycles. The number of aromatic nitrogens is 1. The maximum Gasteiger partial charge on any atom is 0.180 e. The minimum atomic E-state index is 0.590. The molecule has 0 unspecified atom stereocenters. The van der Waals surface area contributed by atoms with Crippen molar-refractivity contribution in [3.63, 3.8) is 0 Å². The van der Waals surface area contributed by atoms with Crippen molar-refractivity contribution in [2.75, 3.05) is 5.73 Å². The third-order valence-electron chi connectivity index (χ3n) is 2.55. The molecule has 0 atom stereocenters. The Balaban J connectivity index is 2.33. The first kappa shape index (κ1) is 12.3. The maximum atomic E-state index is 5.63. The Morgan fingerprint density at radius 1 is 1.22 bits per heavy atom. The Kier molecular flexibility index (Phi) is 3.75. The van der Waals surface area contributed by atoms with Crippen molar-refractivity contribution < 1.29 is 0 Å². The van der Waals surface area contributed by atoms with Crippen LogP contribution in [0.15, 0.2) is 61.0 Å². The number of allylic oxidation sites excluding steroid dienone is 4. The van der Waals surface area contributed by atoms with E-state index in [2.05, 4.69) is 18.1 Å². The average molecular weight is 254 g/mol. The summed E-state index contributed by atoms with van der Waals surface area (Å²) < 4.78 is 0. The van der Waals surface area contributed by atoms with E-state index >= 15 is 0 Å². The minimum Gasteiger partial charge on any atom is -0.375 e. The van der Waals surface area contributed by atoms with E-state index in [1.165, 1.54) is 11.3 Å². The van der Waals surface area contributed by atoms with E-state index < -0.39 is 0 Å². The van der Waals surface area contributed by atoms with Crippen molar-refractivity contribution in [1.29, 1.82) is 0 Å². The van der Waals surface area contributed by atoms with Crippen LogP contribution in [0.1, 0.15) is 5.56 Å². The Morgan fingerprint density at radius 3 is 2.44 bits per heavy atom. The lowest BCUT2D eigenvalue weighted by atomic mass is 10.0. The molecule has 0 aliphatic rings. The number of hydrogen-bond acceptors (Lipinski definition) is 3. The molecule has 0 saturated heterocycles. The standard InChI is InChI=1S/C15H14N2S/c1-3-5-11(4-2)12-6-8-13(9-7-12)14-10-18-15(16)17-14/h3-10H,1-2H2,(H2,16,17)/b11-5+. The number of anilines is 1. The first-order valence-corrected chi connectivity index (χ1v) is 6.39.